The summed E-state index contributed by atoms with van der Waals surface area (Å²) >= 11 is 0. The summed E-state index contributed by atoms with van der Waals surface area (Å²) in [7, 11) is 0. The molecule has 0 spiro atoms. The molecule has 0 heterocycles. The lowest BCUT2D eigenvalue weighted by molar-refractivity contribution is 0.634. The quantitative estimate of drug-likeness (QED) is 0.424. The Morgan fingerprint density at radius 3 is 2.03 bits per heavy atom. The predicted molar refractivity (Wildman–Crippen MR) is 139 cm³/mol. The lowest BCUT2D eigenvalue weighted by atomic mass is 9.66. The van der Waals surface area contributed by atoms with Gasteiger partial charge in [0.05, 0.1) is 5.41 Å². The molecule has 3 aromatic rings. The van der Waals surface area contributed by atoms with Gasteiger partial charge in [0.15, 0.2) is 0 Å². The van der Waals surface area contributed by atoms with Gasteiger partial charge in [0, 0.05) is 16.9 Å². The standard InChI is InChI=1S/C30H32N2/c1-6-10-27-25(7-2)26-11-8-9-12-28(26)30(27,21-13-17-23(31)18-14-21)22-15-19-24(20-16-22)32-29(3,4)5/h6-20,32H,2,31H2,1,3-5H3/b10-6-. The molecule has 1 aliphatic rings. The summed E-state index contributed by atoms with van der Waals surface area (Å²) in [5, 5.41) is 3.58. The van der Waals surface area contributed by atoms with Gasteiger partial charge >= 0.3 is 0 Å². The largest absolute Gasteiger partial charge is 0.399 e. The minimum Gasteiger partial charge on any atom is -0.399 e. The Balaban J connectivity index is 2.05. The molecule has 162 valence electrons. The monoisotopic (exact) mass is 420 g/mol. The summed E-state index contributed by atoms with van der Waals surface area (Å²) in [4.78, 5) is 0. The van der Waals surface area contributed by atoms with E-state index in [4.69, 9.17) is 5.73 Å². The van der Waals surface area contributed by atoms with Crippen LogP contribution in [0.2, 0.25) is 0 Å². The zero-order valence-corrected chi connectivity index (χ0v) is 19.4. The Kier molecular flexibility index (Phi) is 5.56. The fourth-order valence-electron chi connectivity index (χ4n) is 4.90. The van der Waals surface area contributed by atoms with E-state index in [-0.39, 0.29) is 5.54 Å². The van der Waals surface area contributed by atoms with E-state index in [0.717, 1.165) is 11.4 Å². The molecule has 3 N–H and O–H groups in total. The van der Waals surface area contributed by atoms with E-state index >= 15 is 0 Å². The third-order valence-corrected chi connectivity index (χ3v) is 6.03. The fourth-order valence-corrected chi connectivity index (χ4v) is 4.90. The number of nitrogens with one attached hydrogen (secondary N) is 1. The van der Waals surface area contributed by atoms with Crippen LogP contribution >= 0.6 is 0 Å². The van der Waals surface area contributed by atoms with Gasteiger partial charge in [0.2, 0.25) is 0 Å². The number of hydrogen-bond acceptors (Lipinski definition) is 2. The molecule has 0 saturated heterocycles. The Morgan fingerprint density at radius 2 is 1.47 bits per heavy atom. The van der Waals surface area contributed by atoms with Crippen molar-refractivity contribution >= 4 is 16.9 Å². The Morgan fingerprint density at radius 1 is 0.875 bits per heavy atom. The average molecular weight is 421 g/mol. The predicted octanol–water partition coefficient (Wildman–Crippen LogP) is 7.34. The first-order valence-corrected chi connectivity index (χ1v) is 11.2. The summed E-state index contributed by atoms with van der Waals surface area (Å²) in [6.45, 7) is 12.8. The number of allylic oxidation sites excluding steroid dienone is 5. The molecule has 0 radical (unpaired) electrons. The van der Waals surface area contributed by atoms with Gasteiger partial charge in [0.25, 0.3) is 0 Å². The highest BCUT2D eigenvalue weighted by Crippen LogP contribution is 2.55. The van der Waals surface area contributed by atoms with Gasteiger partial charge in [-0.15, -0.1) is 0 Å². The second-order valence-corrected chi connectivity index (χ2v) is 9.40. The van der Waals surface area contributed by atoms with Crippen LogP contribution in [-0.2, 0) is 5.41 Å². The number of benzene rings is 3. The molecule has 1 atom stereocenters. The highest BCUT2D eigenvalue weighted by Gasteiger charge is 2.46. The van der Waals surface area contributed by atoms with Gasteiger partial charge < -0.3 is 11.1 Å². The van der Waals surface area contributed by atoms with Crippen molar-refractivity contribution in [2.45, 2.75) is 38.6 Å². The zero-order chi connectivity index (χ0) is 22.9. The van der Waals surface area contributed by atoms with Crippen molar-refractivity contribution in [1.82, 2.24) is 0 Å². The summed E-state index contributed by atoms with van der Waals surface area (Å²) in [6, 6.07) is 25.8. The van der Waals surface area contributed by atoms with Gasteiger partial charge in [-0.25, -0.2) is 0 Å². The maximum absolute atomic E-state index is 6.08. The first-order chi connectivity index (χ1) is 15.3. The van der Waals surface area contributed by atoms with Crippen molar-refractivity contribution in [2.24, 2.45) is 0 Å². The number of nitrogens with two attached hydrogens (primary N) is 1. The van der Waals surface area contributed by atoms with Crippen molar-refractivity contribution in [3.63, 3.8) is 0 Å². The van der Waals surface area contributed by atoms with Gasteiger partial charge in [-0.3, -0.25) is 0 Å². The van der Waals surface area contributed by atoms with Crippen molar-refractivity contribution in [1.29, 1.82) is 0 Å². The third-order valence-electron chi connectivity index (χ3n) is 6.03. The topological polar surface area (TPSA) is 38.0 Å². The van der Waals surface area contributed by atoms with Crippen LogP contribution < -0.4 is 11.1 Å². The minimum absolute atomic E-state index is 0.00212. The van der Waals surface area contributed by atoms with E-state index in [0.29, 0.717) is 0 Å². The second kappa shape index (κ2) is 8.20. The molecule has 0 aromatic heterocycles. The van der Waals surface area contributed by atoms with E-state index in [1.54, 1.807) is 0 Å². The van der Waals surface area contributed by atoms with E-state index in [1.165, 1.54) is 33.4 Å². The fraction of sp³-hybridized carbons (Fsp3) is 0.200. The van der Waals surface area contributed by atoms with Crippen molar-refractivity contribution in [2.75, 3.05) is 11.1 Å². The van der Waals surface area contributed by atoms with Gasteiger partial charge in [-0.1, -0.05) is 73.3 Å². The van der Waals surface area contributed by atoms with Crippen LogP contribution in [0.15, 0.2) is 103 Å². The SMILES string of the molecule is C=CC1=C(/C=C\C)C(c2ccc(N)cc2)(c2ccc(NC(C)(C)C)cc2)c2ccccc21. The first kappa shape index (κ1) is 21.7. The molecular formula is C30H32N2. The number of rotatable bonds is 5. The van der Waals surface area contributed by atoms with Crippen LogP contribution in [0, 0.1) is 0 Å². The molecule has 2 heteroatoms. The molecular weight excluding hydrogens is 388 g/mol. The van der Waals surface area contributed by atoms with Crippen LogP contribution in [0.4, 0.5) is 11.4 Å². The summed E-state index contributed by atoms with van der Waals surface area (Å²) < 4.78 is 0. The van der Waals surface area contributed by atoms with E-state index < -0.39 is 5.41 Å². The molecule has 1 unspecified atom stereocenters. The minimum atomic E-state index is -0.444. The Hall–Kier alpha value is -3.52. The number of hydrogen-bond donors (Lipinski definition) is 2. The van der Waals surface area contributed by atoms with Crippen molar-refractivity contribution in [3.05, 3.63) is 125 Å². The average Bonchev–Trinajstić information content (AvgIpc) is 3.04. The highest BCUT2D eigenvalue weighted by atomic mass is 14.9. The Bertz CT molecular complexity index is 1190. The number of fused-ring (bicyclic) bond motifs is 1. The molecule has 2 nitrogen and oxygen atoms in total. The maximum atomic E-state index is 6.08. The summed E-state index contributed by atoms with van der Waals surface area (Å²) in [6.07, 6.45) is 6.34. The number of anilines is 2. The van der Waals surface area contributed by atoms with Crippen LogP contribution in [0.25, 0.3) is 5.57 Å². The second-order valence-electron chi connectivity index (χ2n) is 9.40. The lowest BCUT2D eigenvalue weighted by Crippen LogP contribution is -2.30. The van der Waals surface area contributed by atoms with Crippen LogP contribution in [0.3, 0.4) is 0 Å². The molecule has 0 aliphatic heterocycles. The maximum Gasteiger partial charge on any atom is 0.0713 e. The third kappa shape index (κ3) is 3.56. The van der Waals surface area contributed by atoms with E-state index in [2.05, 4.69) is 112 Å². The smallest absolute Gasteiger partial charge is 0.0713 e. The molecule has 4 rings (SSSR count). The molecule has 0 saturated carbocycles. The highest BCUT2D eigenvalue weighted by molar-refractivity contribution is 5.91. The first-order valence-electron chi connectivity index (χ1n) is 11.2. The molecule has 0 fully saturated rings. The molecule has 0 amide bonds. The van der Waals surface area contributed by atoms with Crippen LogP contribution in [-0.4, -0.2) is 5.54 Å². The molecule has 3 aromatic carbocycles. The summed E-state index contributed by atoms with van der Waals surface area (Å²) in [5.74, 6) is 0. The van der Waals surface area contributed by atoms with E-state index in [1.807, 2.05) is 18.2 Å². The van der Waals surface area contributed by atoms with E-state index in [9.17, 15) is 0 Å². The number of nitrogen functional groups attached to an aromatic ring is 1. The van der Waals surface area contributed by atoms with Gasteiger partial charge in [0.1, 0.15) is 0 Å². The van der Waals surface area contributed by atoms with Crippen molar-refractivity contribution < 1.29 is 0 Å². The van der Waals surface area contributed by atoms with Crippen LogP contribution in [0.1, 0.15) is 49.9 Å². The molecule has 0 bridgehead atoms. The lowest BCUT2D eigenvalue weighted by Gasteiger charge is -2.35. The molecule has 1 aliphatic carbocycles. The van der Waals surface area contributed by atoms with Gasteiger partial charge in [-0.05, 0) is 85.4 Å². The van der Waals surface area contributed by atoms with Crippen LogP contribution in [0.5, 0.6) is 0 Å². The normalized spacial score (nSPS) is 18.1. The summed E-state index contributed by atoms with van der Waals surface area (Å²) in [5.41, 5.74) is 14.8. The van der Waals surface area contributed by atoms with Gasteiger partial charge in [-0.2, -0.15) is 0 Å². The van der Waals surface area contributed by atoms with Crippen molar-refractivity contribution in [3.8, 4) is 0 Å². The molecule has 32 heavy (non-hydrogen) atoms. The zero-order valence-electron chi connectivity index (χ0n) is 19.4. The Labute approximate surface area is 192 Å².